The highest BCUT2D eigenvalue weighted by Crippen LogP contribution is 2.38. The summed E-state index contributed by atoms with van der Waals surface area (Å²) in [4.78, 5) is 28.7. The molecule has 0 spiro atoms. The van der Waals surface area contributed by atoms with Crippen LogP contribution in [-0.2, 0) is 4.79 Å². The molecule has 1 aliphatic heterocycles. The molecular formula is C23H25ClN2O5. The van der Waals surface area contributed by atoms with Crippen LogP contribution in [-0.4, -0.2) is 69.1 Å². The zero-order valence-corrected chi connectivity index (χ0v) is 18.5. The van der Waals surface area contributed by atoms with Crippen molar-refractivity contribution in [3.63, 3.8) is 0 Å². The van der Waals surface area contributed by atoms with E-state index in [0.29, 0.717) is 54.0 Å². The minimum absolute atomic E-state index is 0.0586. The Morgan fingerprint density at radius 3 is 1.94 bits per heavy atom. The number of rotatable bonds is 6. The van der Waals surface area contributed by atoms with E-state index in [1.807, 2.05) is 0 Å². The molecule has 1 heterocycles. The lowest BCUT2D eigenvalue weighted by Gasteiger charge is -2.34. The molecule has 1 fully saturated rings. The lowest BCUT2D eigenvalue weighted by molar-refractivity contribution is -0.127. The highest BCUT2D eigenvalue weighted by Gasteiger charge is 2.24. The van der Waals surface area contributed by atoms with E-state index in [1.165, 1.54) is 13.2 Å². The predicted molar refractivity (Wildman–Crippen MR) is 119 cm³/mol. The van der Waals surface area contributed by atoms with Crippen molar-refractivity contribution in [3.8, 4) is 17.2 Å². The van der Waals surface area contributed by atoms with Gasteiger partial charge in [-0.05, 0) is 48.0 Å². The van der Waals surface area contributed by atoms with Gasteiger partial charge in [0.15, 0.2) is 11.5 Å². The smallest absolute Gasteiger partial charge is 0.253 e. The van der Waals surface area contributed by atoms with E-state index >= 15 is 0 Å². The van der Waals surface area contributed by atoms with Crippen LogP contribution in [0.4, 0.5) is 0 Å². The number of benzene rings is 2. The Morgan fingerprint density at radius 1 is 0.871 bits per heavy atom. The number of hydrogen-bond acceptors (Lipinski definition) is 5. The number of carbonyl (C=O) groups is 2. The van der Waals surface area contributed by atoms with Crippen molar-refractivity contribution in [2.45, 2.75) is 0 Å². The quantitative estimate of drug-likeness (QED) is 0.639. The van der Waals surface area contributed by atoms with Crippen LogP contribution in [0.5, 0.6) is 17.2 Å². The molecule has 3 rings (SSSR count). The van der Waals surface area contributed by atoms with E-state index in [4.69, 9.17) is 25.8 Å². The second-order valence-corrected chi connectivity index (χ2v) is 7.35. The Morgan fingerprint density at radius 2 is 1.42 bits per heavy atom. The number of carbonyl (C=O) groups excluding carboxylic acids is 2. The predicted octanol–water partition coefficient (Wildman–Crippen LogP) is 3.36. The fourth-order valence-electron chi connectivity index (χ4n) is 3.38. The summed E-state index contributed by atoms with van der Waals surface area (Å²) in [7, 11) is 4.62. The number of hydrogen-bond donors (Lipinski definition) is 0. The van der Waals surface area contributed by atoms with Gasteiger partial charge in [0.05, 0.1) is 21.3 Å². The van der Waals surface area contributed by atoms with E-state index < -0.39 is 0 Å². The van der Waals surface area contributed by atoms with Crippen LogP contribution in [0.2, 0.25) is 5.02 Å². The summed E-state index contributed by atoms with van der Waals surface area (Å²) in [6.07, 6.45) is 3.22. The molecule has 1 saturated heterocycles. The Kier molecular flexibility index (Phi) is 7.41. The average Bonchev–Trinajstić information content (AvgIpc) is 2.81. The summed E-state index contributed by atoms with van der Waals surface area (Å²) in [5.74, 6) is 1.35. The summed E-state index contributed by atoms with van der Waals surface area (Å²) in [6.45, 7) is 1.89. The SMILES string of the molecule is COc1cc(/C=C/C(=O)N2CCN(C(=O)c3ccc(Cl)cc3)CC2)cc(OC)c1OC. The minimum atomic E-state index is -0.118. The second kappa shape index (κ2) is 10.2. The van der Waals surface area contributed by atoms with Crippen LogP contribution in [0.1, 0.15) is 15.9 Å². The first-order valence-electron chi connectivity index (χ1n) is 9.78. The normalized spacial score (nSPS) is 13.9. The number of halogens is 1. The fourth-order valence-corrected chi connectivity index (χ4v) is 3.50. The molecule has 7 nitrogen and oxygen atoms in total. The standard InChI is InChI=1S/C23H25ClN2O5/c1-29-19-14-16(15-20(30-2)22(19)31-3)4-9-21(27)25-10-12-26(13-11-25)23(28)17-5-7-18(24)8-6-17/h4-9,14-15H,10-13H2,1-3H3/b9-4+. The molecule has 0 bridgehead atoms. The van der Waals surface area contributed by atoms with Gasteiger partial charge >= 0.3 is 0 Å². The maximum atomic E-state index is 12.6. The third-order valence-corrected chi connectivity index (χ3v) is 5.33. The molecule has 164 valence electrons. The van der Waals surface area contributed by atoms with Crippen molar-refractivity contribution in [3.05, 3.63) is 58.6 Å². The van der Waals surface area contributed by atoms with Crippen molar-refractivity contribution in [1.29, 1.82) is 0 Å². The maximum Gasteiger partial charge on any atom is 0.253 e. The van der Waals surface area contributed by atoms with Gasteiger partial charge in [0.2, 0.25) is 11.7 Å². The van der Waals surface area contributed by atoms with Gasteiger partial charge in [0, 0.05) is 42.8 Å². The molecular weight excluding hydrogens is 420 g/mol. The van der Waals surface area contributed by atoms with Crippen LogP contribution < -0.4 is 14.2 Å². The van der Waals surface area contributed by atoms with Crippen LogP contribution in [0, 0.1) is 0 Å². The minimum Gasteiger partial charge on any atom is -0.493 e. The number of piperazine rings is 1. The molecule has 0 aromatic heterocycles. The molecule has 8 heteroatoms. The van der Waals surface area contributed by atoms with E-state index in [1.54, 1.807) is 66.5 Å². The lowest BCUT2D eigenvalue weighted by atomic mass is 10.1. The van der Waals surface area contributed by atoms with Crippen LogP contribution >= 0.6 is 11.6 Å². The zero-order chi connectivity index (χ0) is 22.4. The third-order valence-electron chi connectivity index (χ3n) is 5.08. The van der Waals surface area contributed by atoms with Gasteiger partial charge in [-0.25, -0.2) is 0 Å². The van der Waals surface area contributed by atoms with Gasteiger partial charge in [0.1, 0.15) is 0 Å². The highest BCUT2D eigenvalue weighted by atomic mass is 35.5. The Hall–Kier alpha value is -3.19. The Bertz CT molecular complexity index is 941. The van der Waals surface area contributed by atoms with Gasteiger partial charge in [-0.3, -0.25) is 9.59 Å². The molecule has 31 heavy (non-hydrogen) atoms. The summed E-state index contributed by atoms with van der Waals surface area (Å²) in [5.41, 5.74) is 1.34. The molecule has 0 aliphatic carbocycles. The van der Waals surface area contributed by atoms with Gasteiger partial charge in [0.25, 0.3) is 5.91 Å². The van der Waals surface area contributed by atoms with E-state index in [-0.39, 0.29) is 11.8 Å². The molecule has 0 N–H and O–H groups in total. The maximum absolute atomic E-state index is 12.6. The van der Waals surface area contributed by atoms with Crippen molar-refractivity contribution in [1.82, 2.24) is 9.80 Å². The van der Waals surface area contributed by atoms with Crippen LogP contribution in [0.25, 0.3) is 6.08 Å². The summed E-state index contributed by atoms with van der Waals surface area (Å²) >= 11 is 5.88. The van der Waals surface area contributed by atoms with Gasteiger partial charge < -0.3 is 24.0 Å². The molecule has 1 aliphatic rings. The first-order valence-corrected chi connectivity index (χ1v) is 10.2. The van der Waals surface area contributed by atoms with E-state index in [9.17, 15) is 9.59 Å². The number of ether oxygens (including phenoxy) is 3. The van der Waals surface area contributed by atoms with E-state index in [2.05, 4.69) is 0 Å². The molecule has 0 radical (unpaired) electrons. The van der Waals surface area contributed by atoms with Crippen molar-refractivity contribution < 1.29 is 23.8 Å². The lowest BCUT2D eigenvalue weighted by Crippen LogP contribution is -2.50. The summed E-state index contributed by atoms with van der Waals surface area (Å²) < 4.78 is 16.0. The number of amides is 2. The summed E-state index contributed by atoms with van der Waals surface area (Å²) in [5, 5.41) is 0.589. The highest BCUT2D eigenvalue weighted by molar-refractivity contribution is 6.30. The zero-order valence-electron chi connectivity index (χ0n) is 17.8. The topological polar surface area (TPSA) is 68.3 Å². The van der Waals surface area contributed by atoms with Gasteiger partial charge in [-0.15, -0.1) is 0 Å². The van der Waals surface area contributed by atoms with Crippen molar-refractivity contribution in [2.75, 3.05) is 47.5 Å². The molecule has 0 atom stereocenters. The fraction of sp³-hybridized carbons (Fsp3) is 0.304. The molecule has 2 amide bonds. The molecule has 0 unspecified atom stereocenters. The first-order chi connectivity index (χ1) is 15.0. The largest absolute Gasteiger partial charge is 0.493 e. The second-order valence-electron chi connectivity index (χ2n) is 6.92. The molecule has 2 aromatic carbocycles. The van der Waals surface area contributed by atoms with E-state index in [0.717, 1.165) is 5.56 Å². The Labute approximate surface area is 186 Å². The monoisotopic (exact) mass is 444 g/mol. The van der Waals surface area contributed by atoms with Crippen LogP contribution in [0.15, 0.2) is 42.5 Å². The molecule has 2 aromatic rings. The third kappa shape index (κ3) is 5.30. The molecule has 0 saturated carbocycles. The van der Waals surface area contributed by atoms with Crippen molar-refractivity contribution in [2.24, 2.45) is 0 Å². The summed E-state index contributed by atoms with van der Waals surface area (Å²) in [6, 6.07) is 10.4. The van der Waals surface area contributed by atoms with Gasteiger partial charge in [-0.1, -0.05) is 11.6 Å². The first kappa shape index (κ1) is 22.5. The van der Waals surface area contributed by atoms with Crippen LogP contribution in [0.3, 0.4) is 0 Å². The van der Waals surface area contributed by atoms with Crippen molar-refractivity contribution >= 4 is 29.5 Å². The number of methoxy groups -OCH3 is 3. The number of nitrogens with zero attached hydrogens (tertiary/aromatic N) is 2. The van der Waals surface area contributed by atoms with Gasteiger partial charge in [-0.2, -0.15) is 0 Å². The average molecular weight is 445 g/mol. The Balaban J connectivity index is 1.61.